The molecule has 0 saturated carbocycles. The Hall–Kier alpha value is -0.0800. The smallest absolute Gasteiger partial charge is 0.0718 e. The number of likely N-dealkylation sites (N-methyl/N-ethyl adjacent to an activating group) is 1. The third kappa shape index (κ3) is 0.501. The molecule has 0 aliphatic carbocycles. The van der Waals surface area contributed by atoms with Crippen LogP contribution in [0.3, 0.4) is 0 Å². The van der Waals surface area contributed by atoms with Crippen molar-refractivity contribution in [1.82, 2.24) is 4.90 Å². The van der Waals surface area contributed by atoms with Crippen LogP contribution >= 0.6 is 0 Å². The van der Waals surface area contributed by atoms with Gasteiger partial charge in [0.05, 0.1) is 12.7 Å². The Bertz CT molecular complexity index is 103. The lowest BCUT2D eigenvalue weighted by atomic mass is 10.2. The molecule has 0 unspecified atom stereocenters. The van der Waals surface area contributed by atoms with Gasteiger partial charge in [0.15, 0.2) is 0 Å². The van der Waals surface area contributed by atoms with Crippen molar-refractivity contribution in [2.24, 2.45) is 0 Å². The summed E-state index contributed by atoms with van der Waals surface area (Å²) in [6, 6.07) is 0.750. The average molecular weight is 113 g/mol. The minimum absolute atomic E-state index is 0.574. The number of nitrogens with zero attached hydrogens (tertiary/aromatic N) is 1. The van der Waals surface area contributed by atoms with Crippen molar-refractivity contribution in [1.29, 1.82) is 0 Å². The first kappa shape index (κ1) is 4.77. The Kier molecular flexibility index (Phi) is 0.866. The van der Waals surface area contributed by atoms with Crippen LogP contribution in [-0.4, -0.2) is 37.2 Å². The van der Waals surface area contributed by atoms with Crippen molar-refractivity contribution in [3.63, 3.8) is 0 Å². The van der Waals surface area contributed by atoms with Crippen molar-refractivity contribution in [2.45, 2.75) is 18.6 Å². The summed E-state index contributed by atoms with van der Waals surface area (Å²) in [5.41, 5.74) is 0. The van der Waals surface area contributed by atoms with Crippen molar-refractivity contribution in [3.8, 4) is 0 Å². The predicted octanol–water partition coefficient (Wildman–Crippen LogP) is 0.0893. The van der Waals surface area contributed by atoms with Gasteiger partial charge in [-0.05, 0) is 13.5 Å². The van der Waals surface area contributed by atoms with Gasteiger partial charge in [0.25, 0.3) is 0 Å². The summed E-state index contributed by atoms with van der Waals surface area (Å²) in [6.45, 7) is 2.13. The zero-order chi connectivity index (χ0) is 5.56. The van der Waals surface area contributed by atoms with E-state index < -0.39 is 0 Å². The fourth-order valence-electron chi connectivity index (χ4n) is 1.59. The lowest BCUT2D eigenvalue weighted by Crippen LogP contribution is -2.33. The van der Waals surface area contributed by atoms with Crippen LogP contribution in [-0.2, 0) is 4.74 Å². The zero-order valence-corrected chi connectivity index (χ0v) is 5.13. The topological polar surface area (TPSA) is 12.5 Å². The molecule has 0 aromatic heterocycles. The molecule has 2 rings (SSSR count). The van der Waals surface area contributed by atoms with Crippen LogP contribution < -0.4 is 0 Å². The van der Waals surface area contributed by atoms with Gasteiger partial charge in [0, 0.05) is 12.6 Å². The van der Waals surface area contributed by atoms with Crippen LogP contribution in [0.1, 0.15) is 6.42 Å². The summed E-state index contributed by atoms with van der Waals surface area (Å²) >= 11 is 0. The molecular formula is C6H11NO. The Morgan fingerprint density at radius 2 is 2.50 bits per heavy atom. The molecule has 2 atom stereocenters. The van der Waals surface area contributed by atoms with Crippen LogP contribution in [0.4, 0.5) is 0 Å². The quantitative estimate of drug-likeness (QED) is 0.441. The lowest BCUT2D eigenvalue weighted by Gasteiger charge is -2.21. The van der Waals surface area contributed by atoms with Gasteiger partial charge in [-0.2, -0.15) is 0 Å². The second kappa shape index (κ2) is 1.45. The van der Waals surface area contributed by atoms with E-state index in [1.165, 1.54) is 6.42 Å². The molecule has 0 radical (unpaired) electrons. The summed E-state index contributed by atoms with van der Waals surface area (Å²) in [7, 11) is 2.17. The van der Waals surface area contributed by atoms with Crippen LogP contribution in [0.25, 0.3) is 0 Å². The second-order valence-electron chi connectivity index (χ2n) is 2.78. The molecule has 2 saturated heterocycles. The molecule has 46 valence electrons. The number of hydrogen-bond donors (Lipinski definition) is 0. The number of fused-ring (bicyclic) bond motifs is 2. The first-order valence-electron chi connectivity index (χ1n) is 3.18. The number of hydrogen-bond acceptors (Lipinski definition) is 2. The Labute approximate surface area is 49.4 Å². The molecule has 2 aliphatic rings. The van der Waals surface area contributed by atoms with Gasteiger partial charge in [-0.15, -0.1) is 0 Å². The van der Waals surface area contributed by atoms with E-state index in [1.807, 2.05) is 0 Å². The largest absolute Gasteiger partial charge is 0.375 e. The summed E-state index contributed by atoms with van der Waals surface area (Å²) in [4.78, 5) is 2.38. The Balaban J connectivity index is 2.11. The van der Waals surface area contributed by atoms with Crippen molar-refractivity contribution >= 4 is 0 Å². The highest BCUT2D eigenvalue weighted by Gasteiger charge is 2.36. The van der Waals surface area contributed by atoms with E-state index in [9.17, 15) is 0 Å². The summed E-state index contributed by atoms with van der Waals surface area (Å²) in [6.07, 6.45) is 1.85. The molecule has 2 aliphatic heterocycles. The van der Waals surface area contributed by atoms with E-state index in [-0.39, 0.29) is 0 Å². The maximum atomic E-state index is 5.38. The van der Waals surface area contributed by atoms with E-state index >= 15 is 0 Å². The number of likely N-dealkylation sites (tertiary alicyclic amines) is 1. The number of morpholine rings is 1. The molecule has 0 aromatic carbocycles. The van der Waals surface area contributed by atoms with Crippen LogP contribution in [0, 0.1) is 0 Å². The molecule has 2 bridgehead atoms. The molecule has 2 heteroatoms. The van der Waals surface area contributed by atoms with E-state index in [2.05, 4.69) is 11.9 Å². The van der Waals surface area contributed by atoms with Crippen LogP contribution in [0.2, 0.25) is 0 Å². The SMILES string of the molecule is CN1C[C@H]2C[C@H]1CO2. The normalized spacial score (nSPS) is 46.1. The molecule has 2 fully saturated rings. The first-order chi connectivity index (χ1) is 3.86. The highest BCUT2D eigenvalue weighted by molar-refractivity contribution is 4.89. The van der Waals surface area contributed by atoms with Gasteiger partial charge < -0.3 is 4.74 Å². The standard InChI is InChI=1S/C6H11NO/c1-7-3-6-2-5(7)4-8-6/h5-6H,2-4H2,1H3/t5-,6+/m0/s1. The van der Waals surface area contributed by atoms with Crippen molar-refractivity contribution in [2.75, 3.05) is 20.2 Å². The number of rotatable bonds is 0. The maximum absolute atomic E-state index is 5.38. The third-order valence-electron chi connectivity index (χ3n) is 2.17. The van der Waals surface area contributed by atoms with Crippen molar-refractivity contribution in [3.05, 3.63) is 0 Å². The molecule has 0 N–H and O–H groups in total. The molecule has 0 amide bonds. The van der Waals surface area contributed by atoms with Gasteiger partial charge in [0.2, 0.25) is 0 Å². The highest BCUT2D eigenvalue weighted by atomic mass is 16.5. The van der Waals surface area contributed by atoms with Gasteiger partial charge in [-0.25, -0.2) is 0 Å². The predicted molar refractivity (Wildman–Crippen MR) is 30.8 cm³/mol. The van der Waals surface area contributed by atoms with Crippen LogP contribution in [0.15, 0.2) is 0 Å². The van der Waals surface area contributed by atoms with Gasteiger partial charge in [-0.1, -0.05) is 0 Å². The van der Waals surface area contributed by atoms with Crippen molar-refractivity contribution < 1.29 is 4.74 Å². The first-order valence-corrected chi connectivity index (χ1v) is 3.18. The fourth-order valence-corrected chi connectivity index (χ4v) is 1.59. The molecule has 2 heterocycles. The zero-order valence-electron chi connectivity index (χ0n) is 5.13. The minimum Gasteiger partial charge on any atom is -0.375 e. The molecule has 8 heavy (non-hydrogen) atoms. The minimum atomic E-state index is 0.574. The van der Waals surface area contributed by atoms with E-state index in [0.29, 0.717) is 6.10 Å². The Morgan fingerprint density at radius 3 is 2.75 bits per heavy atom. The summed E-state index contributed by atoms with van der Waals surface area (Å²) in [5.74, 6) is 0. The third-order valence-corrected chi connectivity index (χ3v) is 2.17. The monoisotopic (exact) mass is 113 g/mol. The van der Waals surface area contributed by atoms with Crippen LogP contribution in [0.5, 0.6) is 0 Å². The average Bonchev–Trinajstić information content (AvgIpc) is 2.23. The molecule has 0 aromatic rings. The van der Waals surface area contributed by atoms with E-state index in [0.717, 1.165) is 19.2 Å². The molecule has 0 spiro atoms. The lowest BCUT2D eigenvalue weighted by molar-refractivity contribution is 0.0416. The van der Waals surface area contributed by atoms with E-state index in [4.69, 9.17) is 4.74 Å². The second-order valence-corrected chi connectivity index (χ2v) is 2.78. The maximum Gasteiger partial charge on any atom is 0.0718 e. The Morgan fingerprint density at radius 1 is 1.62 bits per heavy atom. The molecular weight excluding hydrogens is 102 g/mol. The molecule has 2 nitrogen and oxygen atoms in total. The fraction of sp³-hybridized carbons (Fsp3) is 1.00. The summed E-state index contributed by atoms with van der Waals surface area (Å²) in [5, 5.41) is 0. The van der Waals surface area contributed by atoms with Gasteiger partial charge in [0.1, 0.15) is 0 Å². The van der Waals surface area contributed by atoms with Gasteiger partial charge >= 0.3 is 0 Å². The highest BCUT2D eigenvalue weighted by Crippen LogP contribution is 2.25. The summed E-state index contributed by atoms with van der Waals surface area (Å²) < 4.78 is 5.38. The van der Waals surface area contributed by atoms with Gasteiger partial charge in [-0.3, -0.25) is 4.90 Å². The number of ether oxygens (including phenoxy) is 1. The van der Waals surface area contributed by atoms with E-state index in [1.54, 1.807) is 0 Å².